The molecule has 0 fully saturated rings. The molecule has 4 heteroatoms. The Labute approximate surface area is 113 Å². The molecule has 0 amide bonds. The molecule has 18 heavy (non-hydrogen) atoms. The SMILES string of the molecule is OC(c1ccccc1)c1cc2c(cc1Br)OCO2. The summed E-state index contributed by atoms with van der Waals surface area (Å²) < 4.78 is 11.4. The molecule has 1 unspecified atom stereocenters. The van der Waals surface area contributed by atoms with E-state index in [2.05, 4.69) is 15.9 Å². The molecule has 0 radical (unpaired) electrons. The van der Waals surface area contributed by atoms with Crippen LogP contribution >= 0.6 is 15.9 Å². The maximum atomic E-state index is 10.4. The second-order valence-corrected chi connectivity index (χ2v) is 4.89. The molecule has 2 aromatic rings. The Hall–Kier alpha value is -1.52. The van der Waals surface area contributed by atoms with Crippen LogP contribution in [0, 0.1) is 0 Å². The third-order valence-electron chi connectivity index (χ3n) is 2.90. The zero-order chi connectivity index (χ0) is 12.5. The second-order valence-electron chi connectivity index (χ2n) is 4.04. The van der Waals surface area contributed by atoms with Crippen LogP contribution in [0.4, 0.5) is 0 Å². The molecule has 92 valence electrons. The fourth-order valence-corrected chi connectivity index (χ4v) is 2.50. The quantitative estimate of drug-likeness (QED) is 0.925. The Kier molecular flexibility index (Phi) is 2.97. The normalized spacial score (nSPS) is 14.6. The van der Waals surface area contributed by atoms with Gasteiger partial charge in [-0.2, -0.15) is 0 Å². The summed E-state index contributed by atoms with van der Waals surface area (Å²) in [5, 5.41) is 10.4. The van der Waals surface area contributed by atoms with Crippen LogP contribution in [0.25, 0.3) is 0 Å². The average molecular weight is 307 g/mol. The minimum Gasteiger partial charge on any atom is -0.454 e. The van der Waals surface area contributed by atoms with Crippen molar-refractivity contribution in [3.05, 3.63) is 58.1 Å². The summed E-state index contributed by atoms with van der Waals surface area (Å²) in [6, 6.07) is 13.1. The topological polar surface area (TPSA) is 38.7 Å². The fourth-order valence-electron chi connectivity index (χ4n) is 1.96. The molecule has 1 heterocycles. The van der Waals surface area contributed by atoms with Crippen molar-refractivity contribution in [3.63, 3.8) is 0 Å². The van der Waals surface area contributed by atoms with E-state index in [1.54, 1.807) is 0 Å². The van der Waals surface area contributed by atoms with Crippen molar-refractivity contribution in [1.82, 2.24) is 0 Å². The minimum absolute atomic E-state index is 0.229. The molecule has 1 N–H and O–H groups in total. The molecule has 3 nitrogen and oxygen atoms in total. The molecule has 1 aliphatic rings. The molecular formula is C14H11BrO3. The number of aliphatic hydroxyl groups excluding tert-OH is 1. The molecule has 0 spiro atoms. The van der Waals surface area contributed by atoms with Crippen molar-refractivity contribution < 1.29 is 14.6 Å². The summed E-state index contributed by atoms with van der Waals surface area (Å²) in [5.41, 5.74) is 1.61. The van der Waals surface area contributed by atoms with Crippen molar-refractivity contribution in [2.45, 2.75) is 6.10 Å². The van der Waals surface area contributed by atoms with E-state index in [4.69, 9.17) is 9.47 Å². The Balaban J connectivity index is 2.02. The van der Waals surface area contributed by atoms with Crippen molar-refractivity contribution in [1.29, 1.82) is 0 Å². The lowest BCUT2D eigenvalue weighted by Crippen LogP contribution is -2.00. The van der Waals surface area contributed by atoms with Gasteiger partial charge in [0, 0.05) is 10.0 Å². The lowest BCUT2D eigenvalue weighted by molar-refractivity contribution is 0.173. The van der Waals surface area contributed by atoms with Gasteiger partial charge in [-0.15, -0.1) is 0 Å². The molecule has 2 aromatic carbocycles. The molecule has 0 aliphatic carbocycles. The Bertz CT molecular complexity index is 569. The predicted octanol–water partition coefficient (Wildman–Crippen LogP) is 3.26. The number of aliphatic hydroxyl groups is 1. The van der Waals surface area contributed by atoms with E-state index in [-0.39, 0.29) is 6.79 Å². The third-order valence-corrected chi connectivity index (χ3v) is 3.59. The van der Waals surface area contributed by atoms with Crippen molar-refractivity contribution >= 4 is 15.9 Å². The summed E-state index contributed by atoms with van der Waals surface area (Å²) in [7, 11) is 0. The molecule has 0 saturated heterocycles. The van der Waals surface area contributed by atoms with Gasteiger partial charge in [0.1, 0.15) is 6.10 Å². The van der Waals surface area contributed by atoms with Gasteiger partial charge in [-0.3, -0.25) is 0 Å². The molecule has 0 aromatic heterocycles. The minimum atomic E-state index is -0.685. The van der Waals surface area contributed by atoms with Gasteiger partial charge in [0.15, 0.2) is 11.5 Å². The number of fused-ring (bicyclic) bond motifs is 1. The van der Waals surface area contributed by atoms with Crippen molar-refractivity contribution in [2.24, 2.45) is 0 Å². The summed E-state index contributed by atoms with van der Waals surface area (Å²) in [5.74, 6) is 1.37. The number of halogens is 1. The highest BCUT2D eigenvalue weighted by Crippen LogP contribution is 2.40. The third kappa shape index (κ3) is 1.98. The fraction of sp³-hybridized carbons (Fsp3) is 0.143. The average Bonchev–Trinajstić information content (AvgIpc) is 2.85. The first kappa shape index (κ1) is 11.6. The molecule has 0 saturated carbocycles. The molecule has 3 rings (SSSR count). The van der Waals surface area contributed by atoms with Gasteiger partial charge < -0.3 is 14.6 Å². The summed E-state index contributed by atoms with van der Waals surface area (Å²) >= 11 is 3.45. The van der Waals surface area contributed by atoms with Gasteiger partial charge in [0.05, 0.1) is 0 Å². The highest BCUT2D eigenvalue weighted by atomic mass is 79.9. The summed E-state index contributed by atoms with van der Waals surface area (Å²) in [4.78, 5) is 0. The summed E-state index contributed by atoms with van der Waals surface area (Å²) in [6.07, 6.45) is -0.685. The van der Waals surface area contributed by atoms with E-state index < -0.39 is 6.10 Å². The first-order valence-electron chi connectivity index (χ1n) is 5.58. The number of ether oxygens (including phenoxy) is 2. The molecule has 1 atom stereocenters. The van der Waals surface area contributed by atoms with Gasteiger partial charge in [-0.25, -0.2) is 0 Å². The molecule has 1 aliphatic heterocycles. The van der Waals surface area contributed by atoms with Crippen molar-refractivity contribution in [3.8, 4) is 11.5 Å². The molecule has 0 bridgehead atoms. The van der Waals surface area contributed by atoms with Gasteiger partial charge in [0.25, 0.3) is 0 Å². The van der Waals surface area contributed by atoms with Crippen LogP contribution in [-0.4, -0.2) is 11.9 Å². The van der Waals surface area contributed by atoms with Crippen LogP contribution in [0.1, 0.15) is 17.2 Å². The zero-order valence-electron chi connectivity index (χ0n) is 9.47. The Morgan fingerprint density at radius 1 is 1.06 bits per heavy atom. The first-order chi connectivity index (χ1) is 8.75. The van der Waals surface area contributed by atoms with Crippen LogP contribution in [0.5, 0.6) is 11.5 Å². The smallest absolute Gasteiger partial charge is 0.231 e. The lowest BCUT2D eigenvalue weighted by atomic mass is 10.0. The second kappa shape index (κ2) is 4.63. The van der Waals surface area contributed by atoms with E-state index in [0.29, 0.717) is 11.5 Å². The monoisotopic (exact) mass is 306 g/mol. The standard InChI is InChI=1S/C14H11BrO3/c15-11-7-13-12(17-8-18-13)6-10(11)14(16)9-4-2-1-3-5-9/h1-7,14,16H,8H2. The van der Waals surface area contributed by atoms with Gasteiger partial charge >= 0.3 is 0 Å². The number of hydrogen-bond acceptors (Lipinski definition) is 3. The zero-order valence-corrected chi connectivity index (χ0v) is 11.1. The van der Waals surface area contributed by atoms with E-state index in [1.807, 2.05) is 42.5 Å². The predicted molar refractivity (Wildman–Crippen MR) is 70.8 cm³/mol. The van der Waals surface area contributed by atoms with E-state index in [9.17, 15) is 5.11 Å². The largest absolute Gasteiger partial charge is 0.454 e. The van der Waals surface area contributed by atoms with Crippen LogP contribution in [0.2, 0.25) is 0 Å². The summed E-state index contributed by atoms with van der Waals surface area (Å²) in [6.45, 7) is 0.229. The highest BCUT2D eigenvalue weighted by molar-refractivity contribution is 9.10. The van der Waals surface area contributed by atoms with Crippen LogP contribution in [-0.2, 0) is 0 Å². The van der Waals surface area contributed by atoms with E-state index in [1.165, 1.54) is 0 Å². The number of hydrogen-bond donors (Lipinski definition) is 1. The number of rotatable bonds is 2. The Morgan fingerprint density at radius 2 is 1.72 bits per heavy atom. The van der Waals surface area contributed by atoms with Gasteiger partial charge in [0.2, 0.25) is 6.79 Å². The lowest BCUT2D eigenvalue weighted by Gasteiger charge is -2.14. The van der Waals surface area contributed by atoms with Crippen LogP contribution in [0.3, 0.4) is 0 Å². The molecular weight excluding hydrogens is 296 g/mol. The van der Waals surface area contributed by atoms with Crippen LogP contribution in [0.15, 0.2) is 46.9 Å². The van der Waals surface area contributed by atoms with Crippen molar-refractivity contribution in [2.75, 3.05) is 6.79 Å². The first-order valence-corrected chi connectivity index (χ1v) is 6.37. The highest BCUT2D eigenvalue weighted by Gasteiger charge is 2.20. The van der Waals surface area contributed by atoms with E-state index in [0.717, 1.165) is 15.6 Å². The van der Waals surface area contributed by atoms with Gasteiger partial charge in [-0.05, 0) is 17.7 Å². The number of benzene rings is 2. The van der Waals surface area contributed by atoms with E-state index >= 15 is 0 Å². The van der Waals surface area contributed by atoms with Crippen LogP contribution < -0.4 is 9.47 Å². The van der Waals surface area contributed by atoms with Gasteiger partial charge in [-0.1, -0.05) is 46.3 Å². The maximum Gasteiger partial charge on any atom is 0.231 e. The Morgan fingerprint density at radius 3 is 2.44 bits per heavy atom. The maximum absolute atomic E-state index is 10.4.